The molecule has 9 nitrogen and oxygen atoms in total. The molecule has 9 aliphatic rings. The highest BCUT2D eigenvalue weighted by Crippen LogP contribution is 2.72. The van der Waals surface area contributed by atoms with Gasteiger partial charge >= 0.3 is 11.9 Å². The second-order valence-corrected chi connectivity index (χ2v) is 16.5. The van der Waals surface area contributed by atoms with Crippen LogP contribution in [-0.4, -0.2) is 99.1 Å². The first-order chi connectivity index (χ1) is 24.3. The summed E-state index contributed by atoms with van der Waals surface area (Å²) in [6.45, 7) is 7.94. The van der Waals surface area contributed by atoms with E-state index in [4.69, 9.17) is 14.2 Å². The Labute approximate surface area is 293 Å². The van der Waals surface area contributed by atoms with Gasteiger partial charge in [0.2, 0.25) is 5.72 Å². The molecule has 1 aliphatic carbocycles. The Hall–Kier alpha value is -3.82. The first-order valence-electron chi connectivity index (χ1n) is 18.7. The second kappa shape index (κ2) is 9.53. The maximum Gasteiger partial charge on any atom is 0.329 e. The van der Waals surface area contributed by atoms with Gasteiger partial charge in [-0.25, -0.2) is 4.79 Å². The molecular weight excluding hydrogens is 628 g/mol. The van der Waals surface area contributed by atoms with Gasteiger partial charge in [-0.2, -0.15) is 0 Å². The van der Waals surface area contributed by atoms with Gasteiger partial charge in [0, 0.05) is 61.0 Å². The first kappa shape index (κ1) is 29.9. The van der Waals surface area contributed by atoms with Crippen molar-refractivity contribution in [3.63, 3.8) is 0 Å². The van der Waals surface area contributed by atoms with E-state index in [2.05, 4.69) is 89.0 Å². The summed E-state index contributed by atoms with van der Waals surface area (Å²) in [6.07, 6.45) is 8.12. The molecule has 0 N–H and O–H groups in total. The van der Waals surface area contributed by atoms with E-state index in [-0.39, 0.29) is 47.2 Å². The summed E-state index contributed by atoms with van der Waals surface area (Å²) in [4.78, 5) is 38.4. The SMILES string of the molecule is C/C=C1/CN2CC[C@@]34c5cc6c(cc5N(C)[C@H]3[C@@H]2C[C@@H]1C4C(=O)OC)[C@]12CCN3C/C(=C/C)[C@@H]4C[C@H]3[C@@]1(O6)N(c1ccccc12)[C@@H]4C(=O)OC. The molecular formula is C41H46N4O5. The van der Waals surface area contributed by atoms with Crippen LogP contribution in [0.4, 0.5) is 11.4 Å². The van der Waals surface area contributed by atoms with Crippen molar-refractivity contribution in [1.82, 2.24) is 9.80 Å². The van der Waals surface area contributed by atoms with E-state index in [1.807, 2.05) is 0 Å². The molecule has 0 radical (unpaired) electrons. The molecule has 2 aromatic carbocycles. The summed E-state index contributed by atoms with van der Waals surface area (Å²) in [5, 5.41) is 0. The van der Waals surface area contributed by atoms with E-state index < -0.39 is 17.2 Å². The van der Waals surface area contributed by atoms with Crippen LogP contribution in [0.3, 0.4) is 0 Å². The monoisotopic (exact) mass is 674 g/mol. The number of esters is 2. The number of allylic oxidation sites excluding steroid dienone is 2. The lowest BCUT2D eigenvalue weighted by Crippen LogP contribution is -2.81. The summed E-state index contributed by atoms with van der Waals surface area (Å²) in [5.41, 5.74) is 7.11. The molecule has 1 spiro atoms. The molecule has 6 fully saturated rings. The zero-order valence-corrected chi connectivity index (χ0v) is 29.6. The van der Waals surface area contributed by atoms with Gasteiger partial charge in [-0.05, 0) is 81.3 Å². The number of methoxy groups -OCH3 is 2. The Morgan fingerprint density at radius 3 is 2.38 bits per heavy atom. The number of ether oxygens (including phenoxy) is 3. The first-order valence-corrected chi connectivity index (χ1v) is 18.7. The molecule has 1 unspecified atom stereocenters. The number of anilines is 2. The zero-order chi connectivity index (χ0) is 34.1. The minimum atomic E-state index is -0.789. The molecule has 5 bridgehead atoms. The molecule has 5 saturated heterocycles. The highest BCUT2D eigenvalue weighted by molar-refractivity contribution is 5.89. The van der Waals surface area contributed by atoms with Crippen LogP contribution >= 0.6 is 0 Å². The smallest absolute Gasteiger partial charge is 0.329 e. The van der Waals surface area contributed by atoms with Crippen molar-refractivity contribution >= 4 is 23.3 Å². The largest absolute Gasteiger partial charge is 0.469 e. The normalized spacial score (nSPS) is 42.5. The molecule has 0 amide bonds. The van der Waals surface area contributed by atoms with Crippen LogP contribution in [0.5, 0.6) is 5.75 Å². The highest BCUT2D eigenvalue weighted by Gasteiger charge is 2.80. The molecule has 11 rings (SSSR count). The van der Waals surface area contributed by atoms with E-state index >= 15 is 0 Å². The van der Waals surface area contributed by atoms with Crippen molar-refractivity contribution in [2.24, 2.45) is 17.8 Å². The summed E-state index contributed by atoms with van der Waals surface area (Å²) >= 11 is 0. The Morgan fingerprint density at radius 1 is 0.860 bits per heavy atom. The summed E-state index contributed by atoms with van der Waals surface area (Å²) in [7, 11) is 5.35. The summed E-state index contributed by atoms with van der Waals surface area (Å²) < 4.78 is 19.0. The van der Waals surface area contributed by atoms with E-state index in [9.17, 15) is 9.59 Å². The fourth-order valence-electron chi connectivity index (χ4n) is 13.9. The Morgan fingerprint density at radius 2 is 1.60 bits per heavy atom. The number of rotatable bonds is 2. The number of carbonyl (C=O) groups is 2. The van der Waals surface area contributed by atoms with E-state index in [1.54, 1.807) is 7.11 Å². The topological polar surface area (TPSA) is 74.8 Å². The van der Waals surface area contributed by atoms with Crippen molar-refractivity contribution in [3.05, 3.63) is 76.4 Å². The highest BCUT2D eigenvalue weighted by atomic mass is 16.5. The number of fused-ring (bicyclic) bond motifs is 6. The maximum atomic E-state index is 14.1. The number of piperidine rings is 5. The number of benzene rings is 2. The minimum Gasteiger partial charge on any atom is -0.469 e. The van der Waals surface area contributed by atoms with Crippen LogP contribution in [0.2, 0.25) is 0 Å². The molecule has 0 aromatic heterocycles. The van der Waals surface area contributed by atoms with Crippen LogP contribution in [-0.2, 0) is 29.9 Å². The molecule has 1 saturated carbocycles. The minimum absolute atomic E-state index is 0.0536. The van der Waals surface area contributed by atoms with Gasteiger partial charge in [0.15, 0.2) is 0 Å². The van der Waals surface area contributed by atoms with Crippen molar-refractivity contribution in [2.45, 2.75) is 80.3 Å². The van der Waals surface area contributed by atoms with Gasteiger partial charge in [0.25, 0.3) is 0 Å². The van der Waals surface area contributed by atoms with Gasteiger partial charge in [-0.3, -0.25) is 14.6 Å². The average Bonchev–Trinajstić information content (AvgIpc) is 3.68. The predicted octanol–water partition coefficient (Wildman–Crippen LogP) is 4.38. The maximum absolute atomic E-state index is 14.1. The third-order valence-electron chi connectivity index (χ3n) is 15.5. The zero-order valence-electron chi connectivity index (χ0n) is 29.6. The molecule has 50 heavy (non-hydrogen) atoms. The van der Waals surface area contributed by atoms with Gasteiger partial charge in [-0.1, -0.05) is 41.5 Å². The fourth-order valence-corrected chi connectivity index (χ4v) is 13.9. The fraction of sp³-hybridized carbons (Fsp3) is 0.561. The summed E-state index contributed by atoms with van der Waals surface area (Å²) in [5.74, 6) is 0.602. The second-order valence-electron chi connectivity index (χ2n) is 16.5. The molecule has 260 valence electrons. The standard InChI is InChI=1S/C41H46N4O5/c1-6-22-20-43-14-12-39-27-19-32-28(18-30(27)42(3)36(39)31(43)16-24(22)34(39)37(46)48-4)40-13-15-44-21-23(7-2)25-17-33(44)41(40,50-32)45(35(25)38(47)49-5)29-11-9-8-10-26(29)40/h6-11,18-19,24-25,31,33-36H,12-17,20-21H2,1-5H3/b22-6-,23-7-/t24-,25-,31-,33-,34?,35-,36-,39-,40+,41-/m0/s1. The quantitative estimate of drug-likeness (QED) is 0.341. The van der Waals surface area contributed by atoms with Crippen molar-refractivity contribution in [3.8, 4) is 5.75 Å². The van der Waals surface area contributed by atoms with Crippen LogP contribution < -0.4 is 14.5 Å². The third-order valence-corrected chi connectivity index (χ3v) is 15.5. The van der Waals surface area contributed by atoms with Crippen LogP contribution in [0.25, 0.3) is 0 Å². The molecule has 2 aromatic rings. The molecule has 10 atom stereocenters. The number of hydrogen-bond acceptors (Lipinski definition) is 9. The van der Waals surface area contributed by atoms with Gasteiger partial charge in [0.05, 0.1) is 37.6 Å². The van der Waals surface area contributed by atoms with Crippen molar-refractivity contribution in [2.75, 3.05) is 57.2 Å². The third kappa shape index (κ3) is 2.95. The van der Waals surface area contributed by atoms with Gasteiger partial charge < -0.3 is 24.0 Å². The van der Waals surface area contributed by atoms with E-state index in [1.165, 1.54) is 40.6 Å². The number of hydrogen-bond donors (Lipinski definition) is 0. The number of para-hydroxylation sites is 1. The number of nitrogens with zero attached hydrogens (tertiary/aromatic N) is 4. The Kier molecular flexibility index (Phi) is 5.69. The lowest BCUT2D eigenvalue weighted by Gasteiger charge is -2.64. The van der Waals surface area contributed by atoms with Crippen molar-refractivity contribution < 1.29 is 23.8 Å². The lowest BCUT2D eigenvalue weighted by atomic mass is 9.50. The Balaban J connectivity index is 1.16. The van der Waals surface area contributed by atoms with E-state index in [0.717, 1.165) is 63.3 Å². The lowest BCUT2D eigenvalue weighted by molar-refractivity contribution is -0.158. The molecule has 8 heterocycles. The van der Waals surface area contributed by atoms with Gasteiger partial charge in [-0.15, -0.1) is 0 Å². The number of likely N-dealkylation sites (N-methyl/N-ethyl adjacent to an activating group) is 1. The van der Waals surface area contributed by atoms with E-state index in [0.29, 0.717) is 6.04 Å². The molecule has 8 aliphatic heterocycles. The van der Waals surface area contributed by atoms with Crippen molar-refractivity contribution in [1.29, 1.82) is 0 Å². The van der Waals surface area contributed by atoms with Crippen LogP contribution in [0.1, 0.15) is 56.2 Å². The Bertz CT molecular complexity index is 1970. The van der Waals surface area contributed by atoms with Gasteiger partial charge in [0.1, 0.15) is 11.8 Å². The predicted molar refractivity (Wildman–Crippen MR) is 188 cm³/mol. The summed E-state index contributed by atoms with van der Waals surface area (Å²) in [6, 6.07) is 13.7. The van der Waals surface area contributed by atoms with Crippen LogP contribution in [0.15, 0.2) is 59.7 Å². The molecule has 9 heteroatoms. The average molecular weight is 675 g/mol. The number of carbonyl (C=O) groups excluding carboxylic acids is 2. The van der Waals surface area contributed by atoms with Crippen LogP contribution in [0, 0.1) is 17.8 Å².